The maximum Gasteiger partial charge on any atom is 0.271 e. The first-order chi connectivity index (χ1) is 12.7. The summed E-state index contributed by atoms with van der Waals surface area (Å²) >= 11 is 0. The van der Waals surface area contributed by atoms with E-state index < -0.39 is 0 Å². The molecule has 7 heteroatoms. The number of ether oxygens (including phenoxy) is 1. The van der Waals surface area contributed by atoms with Crippen molar-refractivity contribution in [2.24, 2.45) is 0 Å². The Kier molecular flexibility index (Phi) is 4.90. The maximum absolute atomic E-state index is 12.7. The molecule has 0 saturated carbocycles. The molecule has 1 aromatic carbocycles. The monoisotopic (exact) mass is 356 g/mol. The van der Waals surface area contributed by atoms with Crippen molar-refractivity contribution >= 4 is 5.91 Å². The zero-order valence-corrected chi connectivity index (χ0v) is 14.7. The first kappa shape index (κ1) is 17.1. The molecule has 4 rings (SSSR count). The molecule has 2 atom stereocenters. The second-order valence-electron chi connectivity index (χ2n) is 6.96. The lowest BCUT2D eigenvalue weighted by atomic mass is 10.0. The third kappa shape index (κ3) is 3.45. The van der Waals surface area contributed by atoms with E-state index in [4.69, 9.17) is 4.74 Å². The molecule has 138 valence electrons. The van der Waals surface area contributed by atoms with Gasteiger partial charge in [0.1, 0.15) is 5.69 Å². The van der Waals surface area contributed by atoms with Crippen LogP contribution in [0.2, 0.25) is 0 Å². The molecule has 0 unspecified atom stereocenters. The molecule has 3 heterocycles. The number of hydrogen-bond donors (Lipinski definition) is 2. The van der Waals surface area contributed by atoms with Crippen molar-refractivity contribution < 1.29 is 9.53 Å². The molecule has 0 spiro atoms. The molecule has 2 aliphatic rings. The Morgan fingerprint density at radius 2 is 1.88 bits per heavy atom. The summed E-state index contributed by atoms with van der Waals surface area (Å²) in [6.45, 7) is 3.27. The van der Waals surface area contributed by atoms with Crippen LogP contribution in [0.3, 0.4) is 0 Å². The fourth-order valence-corrected chi connectivity index (χ4v) is 3.82. The van der Waals surface area contributed by atoms with Gasteiger partial charge in [-0.3, -0.25) is 19.6 Å². The molecule has 2 saturated heterocycles. The lowest BCUT2D eigenvalue weighted by Gasteiger charge is -2.34. The van der Waals surface area contributed by atoms with Crippen molar-refractivity contribution in [2.75, 3.05) is 26.3 Å². The lowest BCUT2D eigenvalue weighted by Crippen LogP contribution is -2.52. The number of piperidine rings is 1. The van der Waals surface area contributed by atoms with Crippen LogP contribution >= 0.6 is 0 Å². The number of rotatable bonds is 4. The van der Waals surface area contributed by atoms with Crippen LogP contribution in [0.25, 0.3) is 5.69 Å². The van der Waals surface area contributed by atoms with Crippen molar-refractivity contribution in [3.8, 4) is 5.69 Å². The van der Waals surface area contributed by atoms with Crippen LogP contribution in [-0.4, -0.2) is 59.0 Å². The van der Waals surface area contributed by atoms with Gasteiger partial charge < -0.3 is 10.1 Å². The van der Waals surface area contributed by atoms with E-state index in [1.807, 2.05) is 30.3 Å². The molecule has 2 fully saturated rings. The van der Waals surface area contributed by atoms with E-state index >= 15 is 0 Å². The molecule has 2 N–H and O–H groups in total. The maximum atomic E-state index is 12.7. The van der Waals surface area contributed by atoms with Crippen LogP contribution in [0.5, 0.6) is 0 Å². The van der Waals surface area contributed by atoms with Gasteiger partial charge in [0.15, 0.2) is 0 Å². The summed E-state index contributed by atoms with van der Waals surface area (Å²) in [4.78, 5) is 27.3. The van der Waals surface area contributed by atoms with Crippen molar-refractivity contribution in [1.82, 2.24) is 20.0 Å². The number of aromatic nitrogens is 2. The number of H-pyrrole nitrogens is 1. The number of nitrogens with one attached hydrogen (secondary N) is 2. The number of benzene rings is 1. The molecular weight excluding hydrogens is 332 g/mol. The summed E-state index contributed by atoms with van der Waals surface area (Å²) in [6, 6.07) is 10.7. The molecule has 26 heavy (non-hydrogen) atoms. The molecule has 0 bridgehead atoms. The third-order valence-corrected chi connectivity index (χ3v) is 5.21. The predicted octanol–water partition coefficient (Wildman–Crippen LogP) is 1.15. The van der Waals surface area contributed by atoms with Gasteiger partial charge in [-0.2, -0.15) is 0 Å². The zero-order chi connectivity index (χ0) is 17.9. The van der Waals surface area contributed by atoms with Crippen LogP contribution in [-0.2, 0) is 4.74 Å². The quantitative estimate of drug-likeness (QED) is 0.861. The Morgan fingerprint density at radius 1 is 1.12 bits per heavy atom. The second kappa shape index (κ2) is 7.47. The Labute approximate surface area is 151 Å². The summed E-state index contributed by atoms with van der Waals surface area (Å²) in [5.41, 5.74) is 0.715. The standard InChI is InChI=1S/C19H24N4O3/c24-18-11-15(21-23(18)14-7-3-1-4-8-14)19(25)20-16-12-26-13-17(16)22-9-5-2-6-10-22/h1,3-4,7-8,11,16-17,21H,2,5-6,9-10,12-13H2,(H,20,25)/t16-,17-/m0/s1. The Morgan fingerprint density at radius 3 is 2.65 bits per heavy atom. The van der Waals surface area contributed by atoms with Gasteiger partial charge in [-0.05, 0) is 38.1 Å². The summed E-state index contributed by atoms with van der Waals surface area (Å²) < 4.78 is 7.00. The highest BCUT2D eigenvalue weighted by atomic mass is 16.5. The van der Waals surface area contributed by atoms with Crippen LogP contribution in [0.4, 0.5) is 0 Å². The molecular formula is C19H24N4O3. The largest absolute Gasteiger partial charge is 0.378 e. The Bertz CT molecular complexity index is 808. The first-order valence-electron chi connectivity index (χ1n) is 9.22. The normalized spacial score (nSPS) is 23.8. The number of likely N-dealkylation sites (tertiary alicyclic amines) is 1. The number of aromatic amines is 1. The minimum atomic E-state index is -0.269. The Hall–Kier alpha value is -2.38. The average molecular weight is 356 g/mol. The minimum absolute atomic E-state index is 0.0517. The molecule has 0 aliphatic carbocycles. The lowest BCUT2D eigenvalue weighted by molar-refractivity contribution is 0.0894. The van der Waals surface area contributed by atoms with Crippen molar-refractivity contribution in [3.05, 3.63) is 52.4 Å². The topological polar surface area (TPSA) is 79.4 Å². The molecule has 2 aliphatic heterocycles. The molecule has 2 aromatic rings. The number of para-hydroxylation sites is 1. The van der Waals surface area contributed by atoms with E-state index in [0.717, 1.165) is 13.1 Å². The second-order valence-corrected chi connectivity index (χ2v) is 6.96. The number of amides is 1. The summed E-state index contributed by atoms with van der Waals surface area (Å²) in [6.07, 6.45) is 3.67. The molecule has 1 aromatic heterocycles. The SMILES string of the molecule is O=C(N[C@H]1COC[C@@H]1N1CCCCC1)c1cc(=O)n(-c2ccccc2)[nH]1. The fraction of sp³-hybridized carbons (Fsp3) is 0.474. The number of nitrogens with zero attached hydrogens (tertiary/aromatic N) is 2. The minimum Gasteiger partial charge on any atom is -0.378 e. The highest BCUT2D eigenvalue weighted by molar-refractivity contribution is 5.92. The zero-order valence-electron chi connectivity index (χ0n) is 14.7. The van der Waals surface area contributed by atoms with Crippen LogP contribution in [0.15, 0.2) is 41.2 Å². The van der Waals surface area contributed by atoms with Gasteiger partial charge in [0.05, 0.1) is 31.0 Å². The summed E-state index contributed by atoms with van der Waals surface area (Å²) in [5.74, 6) is -0.269. The van der Waals surface area contributed by atoms with E-state index in [9.17, 15) is 9.59 Å². The van der Waals surface area contributed by atoms with Gasteiger partial charge in [0.25, 0.3) is 11.5 Å². The van der Waals surface area contributed by atoms with E-state index in [-0.39, 0.29) is 29.2 Å². The average Bonchev–Trinajstić information content (AvgIpc) is 3.30. The van der Waals surface area contributed by atoms with Gasteiger partial charge in [-0.1, -0.05) is 24.6 Å². The van der Waals surface area contributed by atoms with Gasteiger partial charge in [-0.15, -0.1) is 0 Å². The fourth-order valence-electron chi connectivity index (χ4n) is 3.82. The van der Waals surface area contributed by atoms with Crippen molar-refractivity contribution in [3.63, 3.8) is 0 Å². The summed E-state index contributed by atoms with van der Waals surface area (Å²) in [5, 5.41) is 5.95. The molecule has 1 amide bonds. The van der Waals surface area contributed by atoms with Crippen LogP contribution in [0, 0.1) is 0 Å². The van der Waals surface area contributed by atoms with E-state index in [1.54, 1.807) is 0 Å². The van der Waals surface area contributed by atoms with E-state index in [2.05, 4.69) is 15.3 Å². The third-order valence-electron chi connectivity index (χ3n) is 5.21. The number of carbonyl (C=O) groups excluding carboxylic acids is 1. The number of carbonyl (C=O) groups is 1. The van der Waals surface area contributed by atoms with Crippen LogP contribution < -0.4 is 10.9 Å². The summed E-state index contributed by atoms with van der Waals surface area (Å²) in [7, 11) is 0. The van der Waals surface area contributed by atoms with Crippen molar-refractivity contribution in [1.29, 1.82) is 0 Å². The Balaban J connectivity index is 1.47. The van der Waals surface area contributed by atoms with Gasteiger partial charge in [0, 0.05) is 6.07 Å². The molecule has 7 nitrogen and oxygen atoms in total. The molecule has 0 radical (unpaired) electrons. The van der Waals surface area contributed by atoms with E-state index in [0.29, 0.717) is 18.9 Å². The van der Waals surface area contributed by atoms with Gasteiger partial charge in [-0.25, -0.2) is 4.68 Å². The van der Waals surface area contributed by atoms with Crippen LogP contribution in [0.1, 0.15) is 29.8 Å². The number of hydrogen-bond acceptors (Lipinski definition) is 4. The predicted molar refractivity (Wildman–Crippen MR) is 97.7 cm³/mol. The van der Waals surface area contributed by atoms with Gasteiger partial charge in [0.2, 0.25) is 0 Å². The highest BCUT2D eigenvalue weighted by Crippen LogP contribution is 2.19. The van der Waals surface area contributed by atoms with Crippen molar-refractivity contribution in [2.45, 2.75) is 31.3 Å². The first-order valence-corrected chi connectivity index (χ1v) is 9.22. The van der Waals surface area contributed by atoms with E-state index in [1.165, 1.54) is 30.0 Å². The smallest absolute Gasteiger partial charge is 0.271 e. The highest BCUT2D eigenvalue weighted by Gasteiger charge is 2.35. The van der Waals surface area contributed by atoms with Gasteiger partial charge >= 0.3 is 0 Å².